The molecule has 1 saturated heterocycles. The number of thiol groups is 1. The number of para-hydroxylation sites is 1. The molecule has 31 heteroatoms. The minimum Gasteiger partial charge on any atom is -0.468 e. The number of carbonyl (C=O) groups is 12. The number of unbranched alkanes of at least 4 members (excludes halogenated alkanes) is 16. The summed E-state index contributed by atoms with van der Waals surface area (Å²) in [7, 11) is 0. The standard InChI is InChI=1S/C92H140N16O14S/c1-4-6-7-8-9-10-11-12-13-14-15-16-19-30-47-98-82(116)60-107(5-2)83(117)46-27-18-17-26-44-78(112)76(54-70-58-101-75-43-29-28-42-74(70)75)103-88(119)68(40-32-49-100-92(95)96)55-79(113)77(61-123)104-87(118)67(39-31-48-99-91(93)94)53-73(111)57-72-41-33-50-108(72)90(121)86(84(65-35-22-20-23-36-65)66-37-24-21-25-38-66)106-89(120)69(52-71-59-97-62-102-71)56-80(114)85(64(3)110)105-81(115)45-34-51-122-63-109/h20-25,28-29,35-38,42-43,58-59,62-64,67-69,72,76-77,84-86,92,100-101,110,123H,4-19,26-27,30-34,39-41,44-57,60-61,95-96H2,1-3H3,(H,97,102)(H,98,116)(H,103,119)(H,104,118)(H,105,115)(H,106,120)(H4,93,94,99). The summed E-state index contributed by atoms with van der Waals surface area (Å²) in [6.45, 7) is 7.18. The van der Waals surface area contributed by atoms with E-state index in [4.69, 9.17) is 27.7 Å². The molecule has 9 atom stereocenters. The number of aliphatic hydroxyl groups is 1. The lowest BCUT2D eigenvalue weighted by Gasteiger charge is -2.35. The maximum atomic E-state index is 15.8. The highest BCUT2D eigenvalue weighted by Crippen LogP contribution is 2.34. The van der Waals surface area contributed by atoms with Crippen molar-refractivity contribution in [3.8, 4) is 0 Å². The van der Waals surface area contributed by atoms with Crippen LogP contribution in [-0.2, 0) is 75.1 Å². The number of aliphatic hydroxyl groups excluding tert-OH is 1. The SMILES string of the molecule is CCCCCCCCCCCCCCCCNC(=O)CN(CC)C(=O)CCCCCCC(=O)C(Cc1c[nH]c2ccccc12)NC(=O)C(CCCNC(N)N)CC(=O)C(CS)NC(=O)C(CCCN=C(N)N)CC(=O)CC1CCCN1C(=O)C(NC(=O)C(CC(=O)C(NC(=O)CCCOC=O)C(C)O)Cc1cnc[nH]1)C(c1ccccc1)c1ccccc1. The number of aromatic nitrogens is 3. The largest absolute Gasteiger partial charge is 0.468 e. The molecule has 1 aliphatic rings. The van der Waals surface area contributed by atoms with E-state index in [1.807, 2.05) is 73.8 Å². The number of ether oxygens (including phenoxy) is 1. The molecule has 9 unspecified atom stereocenters. The number of imidazole rings is 1. The van der Waals surface area contributed by atoms with Crippen LogP contribution >= 0.6 is 12.6 Å². The summed E-state index contributed by atoms with van der Waals surface area (Å²) in [6, 6.07) is 20.0. The number of hydrogen-bond acceptors (Lipinski definition) is 20. The number of ketones is 4. The average molecular weight is 1730 g/mol. The van der Waals surface area contributed by atoms with E-state index in [0.717, 1.165) is 35.7 Å². The van der Waals surface area contributed by atoms with Gasteiger partial charge in [-0.15, -0.1) is 0 Å². The van der Waals surface area contributed by atoms with Crippen LogP contribution < -0.4 is 54.8 Å². The van der Waals surface area contributed by atoms with Crippen molar-refractivity contribution in [2.75, 3.05) is 51.6 Å². The number of nitrogens with two attached hydrogens (primary N) is 4. The molecule has 5 aromatic rings. The van der Waals surface area contributed by atoms with E-state index < -0.39 is 114 Å². The van der Waals surface area contributed by atoms with E-state index in [2.05, 4.69) is 71.4 Å². The maximum absolute atomic E-state index is 15.8. The molecule has 2 aromatic heterocycles. The first-order valence-electron chi connectivity index (χ1n) is 44.9. The third-order valence-corrected chi connectivity index (χ3v) is 23.4. The van der Waals surface area contributed by atoms with Crippen molar-refractivity contribution in [2.24, 2.45) is 45.7 Å². The molecule has 0 aliphatic carbocycles. The summed E-state index contributed by atoms with van der Waals surface area (Å²) in [5.74, 6) is -9.69. The second-order valence-electron chi connectivity index (χ2n) is 32.8. The Bertz CT molecular complexity index is 3990. The van der Waals surface area contributed by atoms with Gasteiger partial charge in [0.2, 0.25) is 41.4 Å². The van der Waals surface area contributed by atoms with Crippen LogP contribution in [0.1, 0.15) is 255 Å². The number of likely N-dealkylation sites (N-methyl/N-ethyl adjacent to an activating group) is 1. The number of rotatable bonds is 67. The number of guanidine groups is 1. The molecule has 123 heavy (non-hydrogen) atoms. The van der Waals surface area contributed by atoms with E-state index in [9.17, 15) is 53.1 Å². The van der Waals surface area contributed by atoms with Crippen molar-refractivity contribution < 1.29 is 67.4 Å². The van der Waals surface area contributed by atoms with E-state index in [0.29, 0.717) is 74.9 Å². The Morgan fingerprint density at radius 3 is 1.84 bits per heavy atom. The Hall–Kier alpha value is -9.69. The number of hydrogen-bond donors (Lipinski definition) is 14. The Kier molecular flexibility index (Phi) is 48.5. The van der Waals surface area contributed by atoms with Gasteiger partial charge in [0.25, 0.3) is 6.47 Å². The van der Waals surface area contributed by atoms with Gasteiger partial charge in [0, 0.05) is 143 Å². The first-order chi connectivity index (χ1) is 59.4. The number of amides is 7. The number of benzene rings is 3. The Labute approximate surface area is 731 Å². The van der Waals surface area contributed by atoms with Crippen LogP contribution in [0.5, 0.6) is 0 Å². The van der Waals surface area contributed by atoms with Crippen LogP contribution in [0.4, 0.5) is 0 Å². The molecule has 0 bridgehead atoms. The molecular formula is C92H140N16O14S. The fourth-order valence-electron chi connectivity index (χ4n) is 16.2. The lowest BCUT2D eigenvalue weighted by molar-refractivity contribution is -0.140. The van der Waals surface area contributed by atoms with Crippen LogP contribution in [0.3, 0.4) is 0 Å². The van der Waals surface area contributed by atoms with Gasteiger partial charge in [-0.1, -0.05) is 182 Å². The molecule has 3 aromatic carbocycles. The number of likely N-dealkylation sites (tertiary alicyclic amines) is 1. The first-order valence-corrected chi connectivity index (χ1v) is 45.5. The van der Waals surface area contributed by atoms with Crippen molar-refractivity contribution in [1.29, 1.82) is 0 Å². The highest BCUT2D eigenvalue weighted by atomic mass is 32.1. The number of carbonyl (C=O) groups excluding carboxylic acids is 12. The van der Waals surface area contributed by atoms with E-state index in [-0.39, 0.29) is 151 Å². The molecule has 0 radical (unpaired) electrons. The number of fused-ring (bicyclic) bond motifs is 1. The monoisotopic (exact) mass is 1730 g/mol. The molecule has 30 nitrogen and oxygen atoms in total. The molecule has 0 spiro atoms. The van der Waals surface area contributed by atoms with Crippen molar-refractivity contribution in [3.63, 3.8) is 0 Å². The summed E-state index contributed by atoms with van der Waals surface area (Å²) in [6.07, 6.45) is 22.9. The second kappa shape index (κ2) is 58.4. The van der Waals surface area contributed by atoms with Crippen LogP contribution in [0.25, 0.3) is 10.9 Å². The van der Waals surface area contributed by atoms with Gasteiger partial charge in [-0.25, -0.2) is 4.98 Å². The fourth-order valence-corrected chi connectivity index (χ4v) is 16.4. The number of nitrogens with zero attached hydrogens (tertiary/aromatic N) is 4. The molecule has 1 fully saturated rings. The topological polar surface area (TPSA) is 474 Å². The summed E-state index contributed by atoms with van der Waals surface area (Å²) in [5.41, 5.74) is 26.5. The zero-order chi connectivity index (χ0) is 89.1. The third kappa shape index (κ3) is 38.1. The fraction of sp³-hybridized carbons (Fsp3) is 0.609. The molecule has 6 rings (SSSR count). The lowest BCUT2D eigenvalue weighted by Crippen LogP contribution is -2.55. The molecule has 0 saturated carbocycles. The van der Waals surface area contributed by atoms with Gasteiger partial charge in [-0.05, 0) is 107 Å². The quantitative estimate of drug-likeness (QED) is 0.00431. The predicted molar refractivity (Wildman–Crippen MR) is 480 cm³/mol. The molecule has 7 amide bonds. The van der Waals surface area contributed by atoms with Crippen molar-refractivity contribution >= 4 is 100 Å². The van der Waals surface area contributed by atoms with Crippen LogP contribution in [0.2, 0.25) is 0 Å². The van der Waals surface area contributed by atoms with Gasteiger partial charge in [0.1, 0.15) is 24.2 Å². The minimum absolute atomic E-state index is 0.00235. The molecular weight excluding hydrogens is 1590 g/mol. The smallest absolute Gasteiger partial charge is 0.293 e. The summed E-state index contributed by atoms with van der Waals surface area (Å²) < 4.78 is 4.70. The minimum atomic E-state index is -1.44. The van der Waals surface area contributed by atoms with Gasteiger partial charge in [0.05, 0.1) is 43.6 Å². The second-order valence-corrected chi connectivity index (χ2v) is 33.2. The summed E-state index contributed by atoms with van der Waals surface area (Å²) in [4.78, 5) is 187. The Balaban J connectivity index is 1.12. The normalized spacial score (nSPS) is 14.6. The molecule has 3 heterocycles. The van der Waals surface area contributed by atoms with Gasteiger partial charge in [-0.3, -0.25) is 67.8 Å². The number of nitrogens with one attached hydrogen (secondary N) is 8. The van der Waals surface area contributed by atoms with Crippen molar-refractivity contribution in [2.45, 2.75) is 288 Å². The summed E-state index contributed by atoms with van der Waals surface area (Å²) >= 11 is 4.55. The van der Waals surface area contributed by atoms with Crippen LogP contribution in [-0.4, -0.2) is 201 Å². The Morgan fingerprint density at radius 1 is 0.634 bits per heavy atom. The molecule has 678 valence electrons. The molecule has 17 N–H and O–H groups in total. The van der Waals surface area contributed by atoms with Crippen LogP contribution in [0, 0.1) is 17.8 Å². The zero-order valence-electron chi connectivity index (χ0n) is 72.7. The van der Waals surface area contributed by atoms with E-state index >= 15 is 9.59 Å². The van der Waals surface area contributed by atoms with Crippen molar-refractivity contribution in [1.82, 2.24) is 56.7 Å². The summed E-state index contributed by atoms with van der Waals surface area (Å²) in [5, 5.41) is 29.2. The predicted octanol–water partition coefficient (Wildman–Crippen LogP) is 8.80. The lowest BCUT2D eigenvalue weighted by atomic mass is 9.83. The van der Waals surface area contributed by atoms with Crippen molar-refractivity contribution in [3.05, 3.63) is 126 Å². The number of Topliss-reactive ketones (excluding diaryl/α,β-unsaturated/α-hetero) is 4. The van der Waals surface area contributed by atoms with Gasteiger partial charge >= 0.3 is 0 Å². The van der Waals surface area contributed by atoms with Gasteiger partial charge in [-0.2, -0.15) is 12.6 Å². The number of aliphatic imine (C=N–C) groups is 1. The van der Waals surface area contributed by atoms with E-state index in [1.165, 1.54) is 90.1 Å². The van der Waals surface area contributed by atoms with E-state index in [1.54, 1.807) is 34.1 Å². The first kappa shape index (κ1) is 102. The highest BCUT2D eigenvalue weighted by Gasteiger charge is 2.43. The van der Waals surface area contributed by atoms with Crippen LogP contribution in [0.15, 0.2) is 109 Å². The maximum Gasteiger partial charge on any atom is 0.293 e. The zero-order valence-corrected chi connectivity index (χ0v) is 73.6. The number of H-pyrrole nitrogens is 2. The average Bonchev–Trinajstić information content (AvgIpc) is 1.60. The Morgan fingerprint density at radius 2 is 1.23 bits per heavy atom. The van der Waals surface area contributed by atoms with Gasteiger partial charge < -0.3 is 79.1 Å². The highest BCUT2D eigenvalue weighted by molar-refractivity contribution is 7.80. The third-order valence-electron chi connectivity index (χ3n) is 23.0. The number of aromatic amines is 2. The molecule has 1 aliphatic heterocycles. The van der Waals surface area contributed by atoms with Gasteiger partial charge in [0.15, 0.2) is 23.3 Å².